The van der Waals surface area contributed by atoms with Gasteiger partial charge in [-0.25, -0.2) is 14.4 Å². The maximum atomic E-state index is 13.1. The Hall–Kier alpha value is -2.59. The predicted octanol–water partition coefficient (Wildman–Crippen LogP) is 7.00. The van der Waals surface area contributed by atoms with Crippen molar-refractivity contribution in [2.75, 3.05) is 19.6 Å². The van der Waals surface area contributed by atoms with Crippen LogP contribution in [-0.2, 0) is 19.3 Å². The van der Waals surface area contributed by atoms with Crippen molar-refractivity contribution in [1.82, 2.24) is 14.9 Å². The van der Waals surface area contributed by atoms with E-state index in [-0.39, 0.29) is 5.82 Å². The van der Waals surface area contributed by atoms with Crippen LogP contribution in [0.4, 0.5) is 4.39 Å². The zero-order valence-electron chi connectivity index (χ0n) is 22.0. The van der Waals surface area contributed by atoms with Gasteiger partial charge in [0.1, 0.15) is 11.6 Å². The number of piperidine rings is 1. The molecule has 2 aliphatic carbocycles. The Balaban J connectivity index is 1.01. The van der Waals surface area contributed by atoms with Gasteiger partial charge in [0.25, 0.3) is 0 Å². The first-order valence-corrected chi connectivity index (χ1v) is 14.6. The van der Waals surface area contributed by atoms with Crippen molar-refractivity contribution in [3.63, 3.8) is 0 Å². The van der Waals surface area contributed by atoms with Crippen molar-refractivity contribution >= 4 is 0 Å². The van der Waals surface area contributed by atoms with Crippen molar-refractivity contribution in [3.05, 3.63) is 94.8 Å². The molecular weight excluding hydrogens is 457 g/mol. The van der Waals surface area contributed by atoms with Crippen LogP contribution in [0.5, 0.6) is 0 Å². The molecule has 37 heavy (non-hydrogen) atoms. The Kier molecular flexibility index (Phi) is 7.64. The first-order valence-electron chi connectivity index (χ1n) is 14.6. The zero-order chi connectivity index (χ0) is 25.0. The Morgan fingerprint density at radius 3 is 2.24 bits per heavy atom. The molecule has 2 unspecified atom stereocenters. The van der Waals surface area contributed by atoms with Crippen LogP contribution in [0.3, 0.4) is 0 Å². The second-order valence-corrected chi connectivity index (χ2v) is 11.8. The fraction of sp³-hybridized carbons (Fsp3) is 0.515. The molecule has 6 rings (SSSR count). The fourth-order valence-electron chi connectivity index (χ4n) is 6.80. The molecule has 0 N–H and O–H groups in total. The Labute approximate surface area is 221 Å². The van der Waals surface area contributed by atoms with Crippen molar-refractivity contribution in [2.45, 2.75) is 70.1 Å². The second-order valence-electron chi connectivity index (χ2n) is 11.8. The summed E-state index contributed by atoms with van der Waals surface area (Å²) >= 11 is 0. The first-order chi connectivity index (χ1) is 18.2. The minimum atomic E-state index is -0.143. The predicted molar refractivity (Wildman–Crippen MR) is 147 cm³/mol. The number of aryl methyl sites for hydroxylation is 2. The van der Waals surface area contributed by atoms with E-state index < -0.39 is 0 Å². The number of fused-ring (bicyclic) bond motifs is 1. The van der Waals surface area contributed by atoms with Crippen LogP contribution in [0.25, 0.3) is 0 Å². The quantitative estimate of drug-likeness (QED) is 0.314. The van der Waals surface area contributed by atoms with Crippen LogP contribution >= 0.6 is 0 Å². The standard InChI is InChI=1S/C33H40FN3/c34-31-12-4-24(5-13-31)14-19-37-20-15-26(16-21-37)22-25-2-6-27-8-11-30(23-29(27)7-3-25)32(28-9-10-28)33-35-17-1-18-36-33/h1,4-5,8,11-13,17-18,23,25-26,28,32H,2-3,6-7,9-10,14-16,19-22H2. The molecule has 1 saturated carbocycles. The van der Waals surface area contributed by atoms with Crippen molar-refractivity contribution in [2.24, 2.45) is 17.8 Å². The van der Waals surface area contributed by atoms with Gasteiger partial charge in [0, 0.05) is 24.9 Å². The van der Waals surface area contributed by atoms with Crippen molar-refractivity contribution < 1.29 is 4.39 Å². The second kappa shape index (κ2) is 11.4. The van der Waals surface area contributed by atoms with Crippen LogP contribution in [-0.4, -0.2) is 34.5 Å². The van der Waals surface area contributed by atoms with Crippen LogP contribution in [0.15, 0.2) is 60.9 Å². The minimum Gasteiger partial charge on any atom is -0.303 e. The van der Waals surface area contributed by atoms with E-state index in [9.17, 15) is 4.39 Å². The molecule has 3 aliphatic rings. The van der Waals surface area contributed by atoms with E-state index in [1.54, 1.807) is 23.3 Å². The molecule has 1 aromatic heterocycles. The molecule has 3 nitrogen and oxygen atoms in total. The van der Waals surface area contributed by atoms with Gasteiger partial charge in [-0.1, -0.05) is 30.3 Å². The summed E-state index contributed by atoms with van der Waals surface area (Å²) in [6, 6.07) is 16.2. The number of aromatic nitrogens is 2. The third kappa shape index (κ3) is 6.29. The average molecular weight is 498 g/mol. The normalized spacial score (nSPS) is 21.8. The molecule has 2 fully saturated rings. The van der Waals surface area contributed by atoms with Gasteiger partial charge in [0.2, 0.25) is 0 Å². The maximum absolute atomic E-state index is 13.1. The van der Waals surface area contributed by atoms with Gasteiger partial charge in [-0.3, -0.25) is 0 Å². The van der Waals surface area contributed by atoms with Crippen LogP contribution in [0, 0.1) is 23.6 Å². The molecule has 2 heterocycles. The monoisotopic (exact) mass is 497 g/mol. The highest BCUT2D eigenvalue weighted by Gasteiger charge is 2.35. The van der Waals surface area contributed by atoms with Gasteiger partial charge < -0.3 is 4.90 Å². The van der Waals surface area contributed by atoms with Gasteiger partial charge >= 0.3 is 0 Å². The number of hydrogen-bond donors (Lipinski definition) is 0. The van der Waals surface area contributed by atoms with Crippen LogP contribution < -0.4 is 0 Å². The van der Waals surface area contributed by atoms with E-state index in [0.29, 0.717) is 11.8 Å². The summed E-state index contributed by atoms with van der Waals surface area (Å²) < 4.78 is 13.1. The summed E-state index contributed by atoms with van der Waals surface area (Å²) in [5.41, 5.74) is 5.82. The molecule has 2 aromatic carbocycles. The molecule has 0 radical (unpaired) electrons. The molecule has 194 valence electrons. The highest BCUT2D eigenvalue weighted by atomic mass is 19.1. The fourth-order valence-corrected chi connectivity index (χ4v) is 6.80. The lowest BCUT2D eigenvalue weighted by molar-refractivity contribution is 0.165. The largest absolute Gasteiger partial charge is 0.303 e. The summed E-state index contributed by atoms with van der Waals surface area (Å²) in [6.07, 6.45) is 16.6. The third-order valence-electron chi connectivity index (χ3n) is 9.19. The van der Waals surface area contributed by atoms with Gasteiger partial charge in [0.05, 0.1) is 0 Å². The van der Waals surface area contributed by atoms with Crippen LogP contribution in [0.1, 0.15) is 78.9 Å². The molecule has 2 atom stereocenters. The Morgan fingerprint density at radius 2 is 1.51 bits per heavy atom. The summed E-state index contributed by atoms with van der Waals surface area (Å²) in [5.74, 6) is 3.65. The van der Waals surface area contributed by atoms with E-state index in [2.05, 4.69) is 33.1 Å². The topological polar surface area (TPSA) is 29.0 Å². The van der Waals surface area contributed by atoms with Gasteiger partial charge in [-0.15, -0.1) is 0 Å². The van der Waals surface area contributed by atoms with E-state index >= 15 is 0 Å². The van der Waals surface area contributed by atoms with E-state index in [4.69, 9.17) is 0 Å². The molecule has 1 aliphatic heterocycles. The van der Waals surface area contributed by atoms with Crippen LogP contribution in [0.2, 0.25) is 0 Å². The lowest BCUT2D eigenvalue weighted by atomic mass is 9.83. The van der Waals surface area contributed by atoms with E-state index in [1.807, 2.05) is 30.6 Å². The lowest BCUT2D eigenvalue weighted by Gasteiger charge is -2.33. The highest BCUT2D eigenvalue weighted by molar-refractivity contribution is 5.38. The van der Waals surface area contributed by atoms with Gasteiger partial charge in [-0.2, -0.15) is 0 Å². The summed E-state index contributed by atoms with van der Waals surface area (Å²) in [6.45, 7) is 3.52. The molecule has 1 saturated heterocycles. The molecule has 0 spiro atoms. The lowest BCUT2D eigenvalue weighted by Crippen LogP contribution is -2.35. The summed E-state index contributed by atoms with van der Waals surface area (Å²) in [5, 5.41) is 0. The zero-order valence-corrected chi connectivity index (χ0v) is 22.0. The minimum absolute atomic E-state index is 0.143. The Morgan fingerprint density at radius 1 is 0.811 bits per heavy atom. The molecule has 3 aromatic rings. The smallest absolute Gasteiger partial charge is 0.135 e. The molecule has 4 heteroatoms. The highest BCUT2D eigenvalue weighted by Crippen LogP contribution is 2.46. The average Bonchev–Trinajstić information content (AvgIpc) is 3.78. The van der Waals surface area contributed by atoms with Gasteiger partial charge in [0.15, 0.2) is 0 Å². The maximum Gasteiger partial charge on any atom is 0.135 e. The number of likely N-dealkylation sites (tertiary alicyclic amines) is 1. The molecule has 0 bridgehead atoms. The SMILES string of the molecule is Fc1ccc(CCN2CCC(CC3CCc4ccc(C(c5ncccn5)C5CC5)cc4CC3)CC2)cc1. The van der Waals surface area contributed by atoms with E-state index in [0.717, 1.165) is 30.6 Å². The summed E-state index contributed by atoms with van der Waals surface area (Å²) in [7, 11) is 0. The number of benzene rings is 2. The van der Waals surface area contributed by atoms with Crippen molar-refractivity contribution in [3.8, 4) is 0 Å². The van der Waals surface area contributed by atoms with E-state index in [1.165, 1.54) is 82.0 Å². The molecule has 0 amide bonds. The number of rotatable bonds is 8. The first kappa shape index (κ1) is 24.7. The van der Waals surface area contributed by atoms with Crippen molar-refractivity contribution in [1.29, 1.82) is 0 Å². The molecular formula is C33H40FN3. The summed E-state index contributed by atoms with van der Waals surface area (Å²) in [4.78, 5) is 11.9. The number of nitrogens with zero attached hydrogens (tertiary/aromatic N) is 3. The van der Waals surface area contributed by atoms with Gasteiger partial charge in [-0.05, 0) is 136 Å². The Bertz CT molecular complexity index is 1150. The number of hydrogen-bond acceptors (Lipinski definition) is 3. The number of halogens is 1. The third-order valence-corrected chi connectivity index (χ3v) is 9.19.